The van der Waals surface area contributed by atoms with Crippen LogP contribution in [0.3, 0.4) is 0 Å². The van der Waals surface area contributed by atoms with Crippen molar-refractivity contribution in [1.82, 2.24) is 5.32 Å². The highest BCUT2D eigenvalue weighted by atomic mass is 79.9. The number of carbonyl (C=O) groups excluding carboxylic acids is 4. The molecule has 5 amide bonds. The second-order valence-corrected chi connectivity index (χ2v) is 10.0. The predicted molar refractivity (Wildman–Crippen MR) is 150 cm³/mol. The molecule has 1 fully saturated rings. The number of rotatable bonds is 7. The van der Waals surface area contributed by atoms with Crippen LogP contribution < -0.4 is 20.3 Å². The van der Waals surface area contributed by atoms with E-state index in [9.17, 15) is 29.3 Å². The maximum Gasteiger partial charge on any atom is 0.335 e. The van der Waals surface area contributed by atoms with Crippen molar-refractivity contribution >= 4 is 90.4 Å². The van der Waals surface area contributed by atoms with E-state index in [-0.39, 0.29) is 23.6 Å². The molecule has 0 atom stereocenters. The van der Waals surface area contributed by atoms with Crippen molar-refractivity contribution in [2.75, 3.05) is 16.8 Å². The molecular weight excluding hydrogens is 664 g/mol. The summed E-state index contributed by atoms with van der Waals surface area (Å²) in [6.45, 7) is -0.312. The van der Waals surface area contributed by atoms with E-state index in [1.807, 2.05) is 0 Å². The summed E-state index contributed by atoms with van der Waals surface area (Å²) in [6, 6.07) is 13.4. The van der Waals surface area contributed by atoms with Gasteiger partial charge in [0.2, 0.25) is 0 Å². The monoisotopic (exact) mass is 676 g/mol. The van der Waals surface area contributed by atoms with Crippen molar-refractivity contribution in [3.05, 3.63) is 95.9 Å². The lowest BCUT2D eigenvalue weighted by Crippen LogP contribution is -2.54. The molecule has 198 valence electrons. The maximum absolute atomic E-state index is 13.1. The molecule has 14 heteroatoms. The topological polar surface area (TPSA) is 148 Å². The molecule has 0 radical (unpaired) electrons. The molecule has 3 aromatic rings. The van der Waals surface area contributed by atoms with Gasteiger partial charge in [0.25, 0.3) is 23.4 Å². The van der Waals surface area contributed by atoms with Gasteiger partial charge in [-0.1, -0.05) is 11.6 Å². The highest BCUT2D eigenvalue weighted by Gasteiger charge is 2.37. The highest BCUT2D eigenvalue weighted by molar-refractivity contribution is 9.11. The molecule has 39 heavy (non-hydrogen) atoms. The number of nitro groups is 1. The van der Waals surface area contributed by atoms with Crippen LogP contribution in [-0.2, 0) is 14.4 Å². The van der Waals surface area contributed by atoms with E-state index in [0.717, 1.165) is 12.1 Å². The van der Waals surface area contributed by atoms with Gasteiger partial charge in [0.15, 0.2) is 6.61 Å². The fraction of sp³-hybridized carbons (Fsp3) is 0.0400. The SMILES string of the molecule is O=C(COc1c(Br)cc(/C=C2\C(=O)NC(=O)N(c3ccc([N+](=O)[O-])cc3)C2=O)cc1Br)Nc1ccc(Cl)cc1. The summed E-state index contributed by atoms with van der Waals surface area (Å²) in [5, 5.41) is 16.2. The van der Waals surface area contributed by atoms with Gasteiger partial charge in [-0.25, -0.2) is 9.69 Å². The van der Waals surface area contributed by atoms with Crippen LogP contribution in [-0.4, -0.2) is 35.3 Å². The Morgan fingerprint density at radius 1 is 1.05 bits per heavy atom. The van der Waals surface area contributed by atoms with Gasteiger partial charge in [-0.2, -0.15) is 0 Å². The summed E-state index contributed by atoms with van der Waals surface area (Å²) in [6.07, 6.45) is 1.27. The minimum atomic E-state index is -0.987. The van der Waals surface area contributed by atoms with Crippen molar-refractivity contribution in [1.29, 1.82) is 0 Å². The smallest absolute Gasteiger partial charge is 0.335 e. The molecule has 0 unspecified atom stereocenters. The van der Waals surface area contributed by atoms with Gasteiger partial charge in [-0.05, 0) is 92.0 Å². The van der Waals surface area contributed by atoms with Crippen LogP contribution in [0.1, 0.15) is 5.56 Å². The number of benzene rings is 3. The number of barbiturate groups is 1. The Hall–Kier alpha value is -4.07. The summed E-state index contributed by atoms with van der Waals surface area (Å²) in [4.78, 5) is 61.2. The molecule has 1 heterocycles. The number of hydrogen-bond acceptors (Lipinski definition) is 7. The minimum Gasteiger partial charge on any atom is -0.481 e. The van der Waals surface area contributed by atoms with Crippen molar-refractivity contribution in [3.8, 4) is 5.75 Å². The van der Waals surface area contributed by atoms with Gasteiger partial charge in [0.1, 0.15) is 11.3 Å². The predicted octanol–water partition coefficient (Wildman–Crippen LogP) is 5.46. The standard InChI is InChI=1S/C25H15Br2ClN4O7/c26-19-10-13(11-20(27)22(19)39-12-21(33)29-15-3-1-14(28)2-4-15)9-18-23(34)30-25(36)31(24(18)35)16-5-7-17(8-6-16)32(37)38/h1-11H,12H2,(H,29,33)(H,30,34,36)/b18-9+. The number of anilines is 2. The summed E-state index contributed by atoms with van der Waals surface area (Å²) in [7, 11) is 0. The Kier molecular flexibility index (Phi) is 8.43. The molecule has 2 N–H and O–H groups in total. The highest BCUT2D eigenvalue weighted by Crippen LogP contribution is 2.36. The van der Waals surface area contributed by atoms with Crippen LogP contribution in [0.25, 0.3) is 6.08 Å². The number of amides is 5. The fourth-order valence-corrected chi connectivity index (χ4v) is 5.03. The molecule has 1 aliphatic rings. The number of halogens is 3. The number of ether oxygens (including phenoxy) is 1. The van der Waals surface area contributed by atoms with E-state index in [4.69, 9.17) is 16.3 Å². The van der Waals surface area contributed by atoms with Crippen molar-refractivity contribution in [2.45, 2.75) is 0 Å². The van der Waals surface area contributed by atoms with Crippen molar-refractivity contribution in [3.63, 3.8) is 0 Å². The first-order valence-electron chi connectivity index (χ1n) is 10.9. The van der Waals surface area contributed by atoms with Crippen LogP contribution in [0, 0.1) is 10.1 Å². The number of non-ortho nitro benzene ring substituents is 1. The van der Waals surface area contributed by atoms with Crippen LogP contribution in [0.2, 0.25) is 5.02 Å². The molecule has 0 aliphatic carbocycles. The Morgan fingerprint density at radius 3 is 2.26 bits per heavy atom. The van der Waals surface area contributed by atoms with E-state index in [0.29, 0.717) is 35.9 Å². The first-order chi connectivity index (χ1) is 18.5. The quantitative estimate of drug-likeness (QED) is 0.146. The number of hydrogen-bond donors (Lipinski definition) is 2. The van der Waals surface area contributed by atoms with E-state index < -0.39 is 28.7 Å². The zero-order valence-corrected chi connectivity index (χ0v) is 23.4. The first kappa shape index (κ1) is 28.0. The maximum atomic E-state index is 13.1. The third kappa shape index (κ3) is 6.50. The van der Waals surface area contributed by atoms with E-state index in [1.54, 1.807) is 36.4 Å². The second kappa shape index (κ2) is 11.8. The van der Waals surface area contributed by atoms with Crippen LogP contribution in [0.15, 0.2) is 75.2 Å². The lowest BCUT2D eigenvalue weighted by Gasteiger charge is -2.26. The zero-order valence-electron chi connectivity index (χ0n) is 19.4. The molecule has 3 aromatic carbocycles. The third-order valence-electron chi connectivity index (χ3n) is 5.23. The first-order valence-corrected chi connectivity index (χ1v) is 12.8. The fourth-order valence-electron chi connectivity index (χ4n) is 3.45. The number of nitrogens with zero attached hydrogens (tertiary/aromatic N) is 2. The van der Waals surface area contributed by atoms with Crippen LogP contribution in [0.4, 0.5) is 21.9 Å². The van der Waals surface area contributed by atoms with Crippen molar-refractivity contribution in [2.24, 2.45) is 0 Å². The molecule has 4 rings (SSSR count). The van der Waals surface area contributed by atoms with E-state index >= 15 is 0 Å². The number of nitrogens with one attached hydrogen (secondary N) is 2. The van der Waals surface area contributed by atoms with Gasteiger partial charge in [-0.3, -0.25) is 29.8 Å². The number of urea groups is 1. The zero-order chi connectivity index (χ0) is 28.3. The molecule has 1 saturated heterocycles. The molecule has 0 spiro atoms. The van der Waals surface area contributed by atoms with Gasteiger partial charge >= 0.3 is 6.03 Å². The minimum absolute atomic E-state index is 0.0458. The molecular formula is C25H15Br2ClN4O7. The lowest BCUT2D eigenvalue weighted by atomic mass is 10.1. The Labute approximate surface area is 242 Å². The summed E-state index contributed by atoms with van der Waals surface area (Å²) >= 11 is 12.6. The number of imide groups is 2. The van der Waals surface area contributed by atoms with E-state index in [1.165, 1.54) is 18.2 Å². The lowest BCUT2D eigenvalue weighted by molar-refractivity contribution is -0.384. The van der Waals surface area contributed by atoms with Crippen molar-refractivity contribution < 1.29 is 28.8 Å². The normalized spacial score (nSPS) is 14.3. The van der Waals surface area contributed by atoms with Crippen LogP contribution in [0.5, 0.6) is 5.75 Å². The number of nitro benzene ring substituents is 1. The molecule has 0 aromatic heterocycles. The summed E-state index contributed by atoms with van der Waals surface area (Å²) < 4.78 is 6.45. The molecule has 11 nitrogen and oxygen atoms in total. The van der Waals surface area contributed by atoms with Gasteiger partial charge in [0.05, 0.1) is 19.6 Å². The average molecular weight is 679 g/mol. The second-order valence-electron chi connectivity index (χ2n) is 7.89. The van der Waals surface area contributed by atoms with E-state index in [2.05, 4.69) is 42.5 Å². The van der Waals surface area contributed by atoms with Crippen LogP contribution >= 0.6 is 43.5 Å². The Morgan fingerprint density at radius 2 is 1.67 bits per heavy atom. The largest absolute Gasteiger partial charge is 0.481 e. The van der Waals surface area contributed by atoms with Gasteiger partial charge < -0.3 is 10.1 Å². The average Bonchev–Trinajstić information content (AvgIpc) is 2.87. The summed E-state index contributed by atoms with van der Waals surface area (Å²) in [5.74, 6) is -1.94. The van der Waals surface area contributed by atoms with Gasteiger partial charge in [0, 0.05) is 22.8 Å². The number of carbonyl (C=O) groups is 4. The third-order valence-corrected chi connectivity index (χ3v) is 6.66. The van der Waals surface area contributed by atoms with Gasteiger partial charge in [-0.15, -0.1) is 0 Å². The Bertz CT molecular complexity index is 1520. The molecule has 0 saturated carbocycles. The Balaban J connectivity index is 1.52. The summed E-state index contributed by atoms with van der Waals surface area (Å²) in [5.41, 5.74) is 0.412. The molecule has 0 bridgehead atoms. The molecule has 1 aliphatic heterocycles.